The highest BCUT2D eigenvalue weighted by Gasteiger charge is 2.09. The fraction of sp³-hybridized carbons (Fsp3) is 0.583. The molecule has 1 heterocycles. The maximum atomic E-state index is 5.61. The van der Waals surface area contributed by atoms with E-state index in [1.807, 2.05) is 12.1 Å². The van der Waals surface area contributed by atoms with Gasteiger partial charge in [0.15, 0.2) is 0 Å². The van der Waals surface area contributed by atoms with Crippen molar-refractivity contribution in [2.75, 3.05) is 27.2 Å². The van der Waals surface area contributed by atoms with Crippen molar-refractivity contribution in [2.24, 2.45) is 11.7 Å². The first-order valence-electron chi connectivity index (χ1n) is 5.53. The predicted molar refractivity (Wildman–Crippen MR) is 65.3 cm³/mol. The Morgan fingerprint density at radius 2 is 2.31 bits per heavy atom. The first-order valence-corrected chi connectivity index (χ1v) is 5.53. The van der Waals surface area contributed by atoms with E-state index >= 15 is 0 Å². The zero-order valence-corrected chi connectivity index (χ0v) is 10.3. The fourth-order valence-electron chi connectivity index (χ4n) is 1.69. The van der Waals surface area contributed by atoms with Crippen LogP contribution in [0.5, 0.6) is 5.88 Å². The Hall–Kier alpha value is -1.13. The van der Waals surface area contributed by atoms with Gasteiger partial charge in [0.25, 0.3) is 0 Å². The number of rotatable bonds is 6. The van der Waals surface area contributed by atoms with Gasteiger partial charge in [0.2, 0.25) is 5.88 Å². The Labute approximate surface area is 97.4 Å². The summed E-state index contributed by atoms with van der Waals surface area (Å²) in [5.41, 5.74) is 6.71. The van der Waals surface area contributed by atoms with E-state index in [0.29, 0.717) is 18.3 Å². The maximum Gasteiger partial charge on any atom is 0.217 e. The van der Waals surface area contributed by atoms with Crippen LogP contribution in [-0.2, 0) is 6.54 Å². The molecule has 4 heteroatoms. The van der Waals surface area contributed by atoms with Crippen LogP contribution < -0.4 is 10.5 Å². The van der Waals surface area contributed by atoms with Crippen LogP contribution in [0.25, 0.3) is 0 Å². The number of ether oxygens (including phenoxy) is 1. The number of methoxy groups -OCH3 is 1. The SMILES string of the molecule is COc1ncccc1CN(C)CC(C)CN. The molecular formula is C12H21N3O. The molecule has 0 radical (unpaired) electrons. The van der Waals surface area contributed by atoms with Crippen LogP contribution >= 0.6 is 0 Å². The number of nitrogens with two attached hydrogens (primary N) is 1. The summed E-state index contributed by atoms with van der Waals surface area (Å²) in [6.45, 7) is 4.68. The second kappa shape index (κ2) is 6.45. The van der Waals surface area contributed by atoms with E-state index in [1.54, 1.807) is 13.3 Å². The molecule has 0 saturated heterocycles. The minimum Gasteiger partial charge on any atom is -0.481 e. The molecule has 0 amide bonds. The minimum absolute atomic E-state index is 0.507. The van der Waals surface area contributed by atoms with E-state index in [4.69, 9.17) is 10.5 Å². The van der Waals surface area contributed by atoms with Crippen LogP contribution in [0.15, 0.2) is 18.3 Å². The quantitative estimate of drug-likeness (QED) is 0.785. The molecule has 0 aliphatic heterocycles. The summed E-state index contributed by atoms with van der Waals surface area (Å²) in [5.74, 6) is 1.21. The average Bonchev–Trinajstić information content (AvgIpc) is 2.29. The largest absolute Gasteiger partial charge is 0.481 e. The molecule has 0 saturated carbocycles. The summed E-state index contributed by atoms with van der Waals surface area (Å²) in [7, 11) is 3.73. The lowest BCUT2D eigenvalue weighted by Gasteiger charge is -2.20. The minimum atomic E-state index is 0.507. The number of hydrogen-bond donors (Lipinski definition) is 1. The standard InChI is InChI=1S/C12H21N3O/c1-10(7-13)8-15(2)9-11-5-4-6-14-12(11)16-3/h4-6,10H,7-9,13H2,1-3H3. The summed E-state index contributed by atoms with van der Waals surface area (Å²) in [6, 6.07) is 3.97. The second-order valence-electron chi connectivity index (χ2n) is 4.21. The van der Waals surface area contributed by atoms with Gasteiger partial charge in [-0.25, -0.2) is 4.98 Å². The van der Waals surface area contributed by atoms with Gasteiger partial charge in [0.05, 0.1) is 7.11 Å². The molecule has 90 valence electrons. The molecule has 0 bridgehead atoms. The highest BCUT2D eigenvalue weighted by atomic mass is 16.5. The number of pyridine rings is 1. The first kappa shape index (κ1) is 12.9. The van der Waals surface area contributed by atoms with Gasteiger partial charge >= 0.3 is 0 Å². The Balaban J connectivity index is 2.58. The predicted octanol–water partition coefficient (Wildman–Crippen LogP) is 1.12. The molecule has 4 nitrogen and oxygen atoms in total. The van der Waals surface area contributed by atoms with Crippen molar-refractivity contribution in [3.8, 4) is 5.88 Å². The summed E-state index contributed by atoms with van der Waals surface area (Å²) in [6.07, 6.45) is 1.74. The Morgan fingerprint density at radius 1 is 1.56 bits per heavy atom. The van der Waals surface area contributed by atoms with Crippen LogP contribution in [0, 0.1) is 5.92 Å². The second-order valence-corrected chi connectivity index (χ2v) is 4.21. The Kier molecular flexibility index (Phi) is 5.22. The molecule has 1 aromatic rings. The third-order valence-electron chi connectivity index (χ3n) is 2.51. The van der Waals surface area contributed by atoms with Crippen molar-refractivity contribution in [2.45, 2.75) is 13.5 Å². The van der Waals surface area contributed by atoms with Gasteiger partial charge in [0.1, 0.15) is 0 Å². The van der Waals surface area contributed by atoms with Gasteiger partial charge in [-0.1, -0.05) is 13.0 Å². The topological polar surface area (TPSA) is 51.4 Å². The molecule has 0 aliphatic rings. The number of nitrogens with zero attached hydrogens (tertiary/aromatic N) is 2. The number of aromatic nitrogens is 1. The van der Waals surface area contributed by atoms with E-state index in [0.717, 1.165) is 18.7 Å². The number of hydrogen-bond acceptors (Lipinski definition) is 4. The lowest BCUT2D eigenvalue weighted by Crippen LogP contribution is -2.28. The van der Waals surface area contributed by atoms with Crippen molar-refractivity contribution in [3.05, 3.63) is 23.9 Å². The van der Waals surface area contributed by atoms with Gasteiger partial charge in [-0.3, -0.25) is 0 Å². The molecule has 1 rings (SSSR count). The zero-order chi connectivity index (χ0) is 12.0. The Bertz CT molecular complexity index is 317. The van der Waals surface area contributed by atoms with Crippen LogP contribution in [0.2, 0.25) is 0 Å². The average molecular weight is 223 g/mol. The monoisotopic (exact) mass is 223 g/mol. The third-order valence-corrected chi connectivity index (χ3v) is 2.51. The van der Waals surface area contributed by atoms with Gasteiger partial charge < -0.3 is 15.4 Å². The van der Waals surface area contributed by atoms with Crippen molar-refractivity contribution in [1.82, 2.24) is 9.88 Å². The van der Waals surface area contributed by atoms with Crippen molar-refractivity contribution >= 4 is 0 Å². The highest BCUT2D eigenvalue weighted by Crippen LogP contribution is 2.15. The highest BCUT2D eigenvalue weighted by molar-refractivity contribution is 5.25. The lowest BCUT2D eigenvalue weighted by molar-refractivity contribution is 0.275. The van der Waals surface area contributed by atoms with Gasteiger partial charge in [0, 0.05) is 24.8 Å². The van der Waals surface area contributed by atoms with Crippen LogP contribution in [0.1, 0.15) is 12.5 Å². The normalized spacial score (nSPS) is 12.8. The molecule has 16 heavy (non-hydrogen) atoms. The van der Waals surface area contributed by atoms with E-state index in [9.17, 15) is 0 Å². The maximum absolute atomic E-state index is 5.61. The fourth-order valence-corrected chi connectivity index (χ4v) is 1.69. The molecule has 1 unspecified atom stereocenters. The van der Waals surface area contributed by atoms with E-state index in [-0.39, 0.29) is 0 Å². The van der Waals surface area contributed by atoms with Gasteiger partial charge in [-0.05, 0) is 25.6 Å². The molecular weight excluding hydrogens is 202 g/mol. The van der Waals surface area contributed by atoms with Crippen molar-refractivity contribution in [1.29, 1.82) is 0 Å². The smallest absolute Gasteiger partial charge is 0.217 e. The van der Waals surface area contributed by atoms with E-state index in [2.05, 4.69) is 23.9 Å². The van der Waals surface area contributed by atoms with Crippen molar-refractivity contribution in [3.63, 3.8) is 0 Å². The lowest BCUT2D eigenvalue weighted by atomic mass is 10.1. The molecule has 1 atom stereocenters. The van der Waals surface area contributed by atoms with Crippen LogP contribution in [0.4, 0.5) is 0 Å². The molecule has 0 fully saturated rings. The Morgan fingerprint density at radius 3 is 2.94 bits per heavy atom. The third kappa shape index (κ3) is 3.79. The summed E-state index contributed by atoms with van der Waals surface area (Å²) in [5, 5.41) is 0. The summed E-state index contributed by atoms with van der Waals surface area (Å²) >= 11 is 0. The molecule has 0 spiro atoms. The molecule has 0 aromatic carbocycles. The van der Waals surface area contributed by atoms with Crippen molar-refractivity contribution < 1.29 is 4.74 Å². The summed E-state index contributed by atoms with van der Waals surface area (Å²) in [4.78, 5) is 6.41. The first-order chi connectivity index (χ1) is 7.67. The van der Waals surface area contributed by atoms with Gasteiger partial charge in [-0.15, -0.1) is 0 Å². The van der Waals surface area contributed by atoms with Crippen LogP contribution in [0.3, 0.4) is 0 Å². The zero-order valence-electron chi connectivity index (χ0n) is 10.3. The van der Waals surface area contributed by atoms with Crippen LogP contribution in [-0.4, -0.2) is 37.1 Å². The van der Waals surface area contributed by atoms with Gasteiger partial charge in [-0.2, -0.15) is 0 Å². The van der Waals surface area contributed by atoms with E-state index in [1.165, 1.54) is 0 Å². The molecule has 1 aromatic heterocycles. The molecule has 2 N–H and O–H groups in total. The summed E-state index contributed by atoms with van der Waals surface area (Å²) < 4.78 is 5.22. The molecule has 0 aliphatic carbocycles. The van der Waals surface area contributed by atoms with E-state index < -0.39 is 0 Å².